The first-order valence-electron chi connectivity index (χ1n) is 9.36. The van der Waals surface area contributed by atoms with E-state index in [1.54, 1.807) is 4.68 Å². The molecule has 2 fully saturated rings. The van der Waals surface area contributed by atoms with Crippen molar-refractivity contribution in [1.82, 2.24) is 20.0 Å². The van der Waals surface area contributed by atoms with Gasteiger partial charge in [-0.15, -0.1) is 0 Å². The van der Waals surface area contributed by atoms with Gasteiger partial charge in [0.1, 0.15) is 5.69 Å². The third-order valence-electron chi connectivity index (χ3n) is 5.95. The second-order valence-electron chi connectivity index (χ2n) is 7.55. The summed E-state index contributed by atoms with van der Waals surface area (Å²) in [5, 5.41) is 18.1. The number of aromatic nitrogens is 2. The Kier molecular flexibility index (Phi) is 4.54. The fraction of sp³-hybridized carbons (Fsp3) is 0.500. The number of hydrogen-bond acceptors (Lipinski definition) is 4. The maximum atomic E-state index is 13.2. The van der Waals surface area contributed by atoms with Crippen LogP contribution < -0.4 is 5.32 Å². The zero-order valence-corrected chi connectivity index (χ0v) is 15.2. The van der Waals surface area contributed by atoms with Gasteiger partial charge in [-0.2, -0.15) is 5.10 Å². The molecule has 2 saturated heterocycles. The van der Waals surface area contributed by atoms with Gasteiger partial charge in [0.05, 0.1) is 12.3 Å². The lowest BCUT2D eigenvalue weighted by Crippen LogP contribution is -2.62. The zero-order valence-electron chi connectivity index (χ0n) is 15.2. The minimum atomic E-state index is -0.215. The first-order valence-corrected chi connectivity index (χ1v) is 9.36. The SMILES string of the molecule is Cn1nc(-c2ccccc2)cc1C(=O)N1CC[C@H]2NCCC[C@]2(CO)C1. The normalized spacial score (nSPS) is 25.8. The Morgan fingerprint density at radius 1 is 1.38 bits per heavy atom. The van der Waals surface area contributed by atoms with E-state index in [2.05, 4.69) is 10.4 Å². The molecule has 3 heterocycles. The number of likely N-dealkylation sites (tertiary alicyclic amines) is 1. The van der Waals surface area contributed by atoms with Crippen molar-refractivity contribution in [2.75, 3.05) is 26.2 Å². The molecule has 1 aromatic heterocycles. The predicted octanol–water partition coefficient (Wildman–Crippen LogP) is 1.66. The Balaban J connectivity index is 1.57. The van der Waals surface area contributed by atoms with Gasteiger partial charge < -0.3 is 15.3 Å². The van der Waals surface area contributed by atoms with Crippen LogP contribution in [0.15, 0.2) is 36.4 Å². The number of fused-ring (bicyclic) bond motifs is 1. The van der Waals surface area contributed by atoms with Crippen molar-refractivity contribution in [2.24, 2.45) is 12.5 Å². The van der Waals surface area contributed by atoms with E-state index in [1.807, 2.05) is 48.3 Å². The van der Waals surface area contributed by atoms with Crippen LogP contribution in [-0.2, 0) is 7.05 Å². The molecule has 0 bridgehead atoms. The zero-order chi connectivity index (χ0) is 18.1. The number of amides is 1. The van der Waals surface area contributed by atoms with E-state index in [1.165, 1.54) is 0 Å². The topological polar surface area (TPSA) is 70.4 Å². The number of aryl methyl sites for hydroxylation is 1. The third-order valence-corrected chi connectivity index (χ3v) is 5.95. The van der Waals surface area contributed by atoms with Gasteiger partial charge in [0.2, 0.25) is 0 Å². The summed E-state index contributed by atoms with van der Waals surface area (Å²) in [5.74, 6) is -0.000899. The van der Waals surface area contributed by atoms with Crippen LogP contribution in [0.3, 0.4) is 0 Å². The van der Waals surface area contributed by atoms with Crippen molar-refractivity contribution in [3.8, 4) is 11.3 Å². The van der Waals surface area contributed by atoms with Gasteiger partial charge in [-0.05, 0) is 31.9 Å². The van der Waals surface area contributed by atoms with Crippen molar-refractivity contribution in [1.29, 1.82) is 0 Å². The van der Waals surface area contributed by atoms with E-state index in [9.17, 15) is 9.90 Å². The number of carbonyl (C=O) groups excluding carboxylic acids is 1. The number of nitrogens with one attached hydrogen (secondary N) is 1. The molecule has 0 radical (unpaired) electrons. The molecule has 0 unspecified atom stereocenters. The summed E-state index contributed by atoms with van der Waals surface area (Å²) in [7, 11) is 1.82. The lowest BCUT2D eigenvalue weighted by molar-refractivity contribution is -0.0141. The fourth-order valence-electron chi connectivity index (χ4n) is 4.44. The number of hydrogen-bond donors (Lipinski definition) is 2. The highest BCUT2D eigenvalue weighted by Gasteiger charge is 2.45. The molecule has 4 rings (SSSR count). The van der Waals surface area contributed by atoms with Crippen molar-refractivity contribution in [2.45, 2.75) is 25.3 Å². The second-order valence-corrected chi connectivity index (χ2v) is 7.55. The van der Waals surface area contributed by atoms with Gasteiger partial charge in [-0.3, -0.25) is 9.48 Å². The summed E-state index contributed by atoms with van der Waals surface area (Å²) in [6.07, 6.45) is 2.89. The van der Waals surface area contributed by atoms with E-state index < -0.39 is 0 Å². The maximum Gasteiger partial charge on any atom is 0.272 e. The van der Waals surface area contributed by atoms with E-state index in [0.29, 0.717) is 24.8 Å². The summed E-state index contributed by atoms with van der Waals surface area (Å²) in [6.45, 7) is 2.44. The smallest absolute Gasteiger partial charge is 0.272 e. The average molecular weight is 354 g/mol. The molecule has 138 valence electrons. The molecule has 2 aliphatic rings. The molecule has 0 saturated carbocycles. The Hall–Kier alpha value is -2.18. The van der Waals surface area contributed by atoms with Crippen LogP contribution in [0.2, 0.25) is 0 Å². The molecule has 2 atom stereocenters. The molecular weight excluding hydrogens is 328 g/mol. The highest BCUT2D eigenvalue weighted by atomic mass is 16.3. The molecule has 26 heavy (non-hydrogen) atoms. The minimum absolute atomic E-state index is 0.000899. The van der Waals surface area contributed by atoms with Gasteiger partial charge in [0.25, 0.3) is 5.91 Å². The Morgan fingerprint density at radius 3 is 2.96 bits per heavy atom. The number of aliphatic hydroxyl groups is 1. The maximum absolute atomic E-state index is 13.2. The Labute approximate surface area is 153 Å². The van der Waals surface area contributed by atoms with Crippen LogP contribution >= 0.6 is 0 Å². The first-order chi connectivity index (χ1) is 12.6. The van der Waals surface area contributed by atoms with Gasteiger partial charge >= 0.3 is 0 Å². The summed E-state index contributed by atoms with van der Waals surface area (Å²) < 4.78 is 1.67. The van der Waals surface area contributed by atoms with Gasteiger partial charge in [0, 0.05) is 37.2 Å². The van der Waals surface area contributed by atoms with Gasteiger partial charge in [-0.1, -0.05) is 30.3 Å². The molecule has 2 N–H and O–H groups in total. The molecule has 0 spiro atoms. The summed E-state index contributed by atoms with van der Waals surface area (Å²) in [5.41, 5.74) is 2.19. The van der Waals surface area contributed by atoms with E-state index in [0.717, 1.165) is 37.1 Å². The van der Waals surface area contributed by atoms with Crippen molar-refractivity contribution < 1.29 is 9.90 Å². The number of benzene rings is 1. The predicted molar refractivity (Wildman–Crippen MR) is 99.7 cm³/mol. The fourth-order valence-corrected chi connectivity index (χ4v) is 4.44. The molecule has 2 aliphatic heterocycles. The average Bonchev–Trinajstić information content (AvgIpc) is 3.09. The van der Waals surface area contributed by atoms with Crippen LogP contribution in [0.4, 0.5) is 0 Å². The van der Waals surface area contributed by atoms with Crippen molar-refractivity contribution >= 4 is 5.91 Å². The monoisotopic (exact) mass is 354 g/mol. The summed E-state index contributed by atoms with van der Waals surface area (Å²) >= 11 is 0. The number of nitrogens with zero attached hydrogens (tertiary/aromatic N) is 3. The molecule has 1 aromatic carbocycles. The van der Waals surface area contributed by atoms with Crippen LogP contribution in [0.5, 0.6) is 0 Å². The Bertz CT molecular complexity index is 788. The number of piperidine rings is 2. The lowest BCUT2D eigenvalue weighted by atomic mass is 9.70. The lowest BCUT2D eigenvalue weighted by Gasteiger charge is -2.50. The standard InChI is InChI=1S/C20H26N4O2/c1-23-17(12-16(22-23)15-6-3-2-4-7-15)19(26)24-11-8-18-20(13-24,14-25)9-5-10-21-18/h2-4,6-7,12,18,21,25H,5,8-11,13-14H2,1H3/t18-,20-/m1/s1. The quantitative estimate of drug-likeness (QED) is 0.880. The number of aliphatic hydroxyl groups excluding tert-OH is 1. The third kappa shape index (κ3) is 2.93. The second kappa shape index (κ2) is 6.85. The summed E-state index contributed by atoms with van der Waals surface area (Å²) in [6, 6.07) is 12.1. The van der Waals surface area contributed by atoms with Crippen LogP contribution in [0.1, 0.15) is 29.8 Å². The van der Waals surface area contributed by atoms with Crippen LogP contribution in [-0.4, -0.2) is 58.0 Å². The number of carbonyl (C=O) groups is 1. The van der Waals surface area contributed by atoms with Crippen LogP contribution in [0, 0.1) is 5.41 Å². The van der Waals surface area contributed by atoms with Gasteiger partial charge in [-0.25, -0.2) is 0 Å². The first kappa shape index (κ1) is 17.2. The largest absolute Gasteiger partial charge is 0.396 e. The highest BCUT2D eigenvalue weighted by Crippen LogP contribution is 2.37. The molecule has 6 heteroatoms. The highest BCUT2D eigenvalue weighted by molar-refractivity contribution is 5.93. The Morgan fingerprint density at radius 2 is 2.19 bits per heavy atom. The minimum Gasteiger partial charge on any atom is -0.396 e. The number of rotatable bonds is 3. The van der Waals surface area contributed by atoms with Crippen LogP contribution in [0.25, 0.3) is 11.3 Å². The molecule has 6 nitrogen and oxygen atoms in total. The molecular formula is C20H26N4O2. The van der Waals surface area contributed by atoms with E-state index >= 15 is 0 Å². The van der Waals surface area contributed by atoms with Gasteiger partial charge in [0.15, 0.2) is 0 Å². The molecule has 1 amide bonds. The van der Waals surface area contributed by atoms with Crippen molar-refractivity contribution in [3.63, 3.8) is 0 Å². The summed E-state index contributed by atoms with van der Waals surface area (Å²) in [4.78, 5) is 15.1. The van der Waals surface area contributed by atoms with E-state index in [4.69, 9.17) is 0 Å². The molecule has 2 aromatic rings. The van der Waals surface area contributed by atoms with Crippen molar-refractivity contribution in [3.05, 3.63) is 42.1 Å². The molecule has 0 aliphatic carbocycles. The van der Waals surface area contributed by atoms with E-state index in [-0.39, 0.29) is 17.9 Å².